The molecule has 3 aromatic heterocycles. The summed E-state index contributed by atoms with van der Waals surface area (Å²) in [4.78, 5) is 30.3. The minimum atomic E-state index is -0.519. The Hall–Kier alpha value is -5.69. The third-order valence-electron chi connectivity index (χ3n) is 6.74. The number of aromatic nitrogens is 3. The molecule has 5 rings (SSSR count). The van der Waals surface area contributed by atoms with Gasteiger partial charge in [-0.05, 0) is 73.9 Å². The number of nitrogens with zero attached hydrogens (tertiary/aromatic N) is 4. The van der Waals surface area contributed by atoms with E-state index < -0.39 is 10.8 Å². The number of rotatable bonds is 9. The number of amides is 1. The molecule has 0 fully saturated rings. The summed E-state index contributed by atoms with van der Waals surface area (Å²) in [5.74, 6) is 0.347. The van der Waals surface area contributed by atoms with Crippen LogP contribution in [0.15, 0.2) is 84.7 Å². The first kappa shape index (κ1) is 26.9. The zero-order valence-corrected chi connectivity index (χ0v) is 22.4. The van der Waals surface area contributed by atoms with E-state index in [9.17, 15) is 20.2 Å². The van der Waals surface area contributed by atoms with Gasteiger partial charge >= 0.3 is 0 Å². The summed E-state index contributed by atoms with van der Waals surface area (Å²) < 4.78 is 7.72. The maximum Gasteiger partial charge on any atom is 0.287 e. The van der Waals surface area contributed by atoms with Crippen molar-refractivity contribution in [2.45, 2.75) is 20.3 Å². The topological polar surface area (TPSA) is 139 Å². The molecule has 3 heterocycles. The number of H-pyrrole nitrogens is 1. The zero-order valence-electron chi connectivity index (χ0n) is 22.4. The number of nitrogens with one attached hydrogen (secondary N) is 2. The standard InChI is InChI=1S/C31H26N6O4/c1-20-15-23(16-24(17-32)31(38)33-14-13-22-18-34-29-6-4-3-5-28(22)29)21(2)36(20)25-7-10-27(11-8-25)41-30-12-9-26(19-35-30)37(39)40/h3-12,15-16,18-19,34H,13-14H2,1-2H3,(H,33,38)/b24-16-. The van der Waals surface area contributed by atoms with Gasteiger partial charge in [-0.15, -0.1) is 0 Å². The van der Waals surface area contributed by atoms with Gasteiger partial charge in [0.05, 0.1) is 4.92 Å². The van der Waals surface area contributed by atoms with E-state index >= 15 is 0 Å². The maximum absolute atomic E-state index is 12.8. The van der Waals surface area contributed by atoms with Gasteiger partial charge in [0.25, 0.3) is 11.6 Å². The van der Waals surface area contributed by atoms with Gasteiger partial charge in [0, 0.05) is 52.9 Å². The minimum Gasteiger partial charge on any atom is -0.439 e. The average Bonchev–Trinajstić information content (AvgIpc) is 3.51. The second-order valence-electron chi connectivity index (χ2n) is 9.40. The van der Waals surface area contributed by atoms with Crippen molar-refractivity contribution in [3.8, 4) is 23.4 Å². The van der Waals surface area contributed by atoms with Crippen LogP contribution < -0.4 is 10.1 Å². The number of carbonyl (C=O) groups is 1. The SMILES string of the molecule is Cc1cc(/C=C(/C#N)C(=O)NCCc2c[nH]c3ccccc23)c(C)n1-c1ccc(Oc2ccc([N+](=O)[O-])cn2)cc1. The predicted octanol–water partition coefficient (Wildman–Crippen LogP) is 5.94. The van der Waals surface area contributed by atoms with Crippen molar-refractivity contribution in [3.63, 3.8) is 0 Å². The van der Waals surface area contributed by atoms with Crippen molar-refractivity contribution >= 4 is 28.6 Å². The van der Waals surface area contributed by atoms with Gasteiger partial charge in [0.15, 0.2) is 0 Å². The van der Waals surface area contributed by atoms with E-state index in [2.05, 4.69) is 15.3 Å². The molecule has 0 aliphatic rings. The lowest BCUT2D eigenvalue weighted by Gasteiger charge is -2.11. The largest absolute Gasteiger partial charge is 0.439 e. The number of hydrogen-bond acceptors (Lipinski definition) is 6. The van der Waals surface area contributed by atoms with E-state index in [0.29, 0.717) is 18.7 Å². The number of hydrogen-bond donors (Lipinski definition) is 2. The van der Waals surface area contributed by atoms with Gasteiger partial charge in [-0.2, -0.15) is 5.26 Å². The fourth-order valence-electron chi connectivity index (χ4n) is 4.70. The van der Waals surface area contributed by atoms with E-state index in [1.807, 2.05) is 73.1 Å². The summed E-state index contributed by atoms with van der Waals surface area (Å²) in [5, 5.41) is 24.5. The third kappa shape index (κ3) is 5.84. The van der Waals surface area contributed by atoms with E-state index in [0.717, 1.165) is 45.3 Å². The fraction of sp³-hybridized carbons (Fsp3) is 0.129. The van der Waals surface area contributed by atoms with Crippen LogP contribution >= 0.6 is 0 Å². The molecule has 0 spiro atoms. The second kappa shape index (κ2) is 11.6. The van der Waals surface area contributed by atoms with Gasteiger partial charge in [-0.25, -0.2) is 4.98 Å². The van der Waals surface area contributed by atoms with Crippen LogP contribution in [-0.2, 0) is 11.2 Å². The summed E-state index contributed by atoms with van der Waals surface area (Å²) >= 11 is 0. The molecule has 10 heteroatoms. The van der Waals surface area contributed by atoms with Gasteiger partial charge in [0.1, 0.15) is 23.6 Å². The Labute approximate surface area is 235 Å². The Morgan fingerprint density at radius 3 is 2.66 bits per heavy atom. The highest BCUT2D eigenvalue weighted by Crippen LogP contribution is 2.26. The molecule has 0 bridgehead atoms. The molecule has 41 heavy (non-hydrogen) atoms. The molecule has 0 aliphatic carbocycles. The molecule has 2 aromatic carbocycles. The summed E-state index contributed by atoms with van der Waals surface area (Å²) in [5.41, 5.74) is 5.50. The Morgan fingerprint density at radius 1 is 1.17 bits per heavy atom. The van der Waals surface area contributed by atoms with Gasteiger partial charge in [-0.3, -0.25) is 14.9 Å². The van der Waals surface area contributed by atoms with E-state index in [1.165, 1.54) is 12.1 Å². The first-order valence-electron chi connectivity index (χ1n) is 12.9. The van der Waals surface area contributed by atoms with Crippen molar-refractivity contribution in [2.24, 2.45) is 0 Å². The maximum atomic E-state index is 12.8. The highest BCUT2D eigenvalue weighted by molar-refractivity contribution is 6.01. The highest BCUT2D eigenvalue weighted by atomic mass is 16.6. The number of aromatic amines is 1. The second-order valence-corrected chi connectivity index (χ2v) is 9.40. The number of carbonyl (C=O) groups excluding carboxylic acids is 1. The van der Waals surface area contributed by atoms with Crippen LogP contribution in [0.3, 0.4) is 0 Å². The fourth-order valence-corrected chi connectivity index (χ4v) is 4.70. The molecule has 0 radical (unpaired) electrons. The first-order valence-corrected chi connectivity index (χ1v) is 12.9. The van der Waals surface area contributed by atoms with Crippen LogP contribution in [0, 0.1) is 35.3 Å². The molecule has 0 aliphatic heterocycles. The summed E-state index contributed by atoms with van der Waals surface area (Å²) in [6.45, 7) is 4.28. The summed E-state index contributed by atoms with van der Waals surface area (Å²) in [6.07, 6.45) is 5.34. The molecule has 1 amide bonds. The molecular weight excluding hydrogens is 520 g/mol. The normalized spacial score (nSPS) is 11.3. The van der Waals surface area contributed by atoms with Crippen molar-refractivity contribution in [1.29, 1.82) is 5.26 Å². The van der Waals surface area contributed by atoms with E-state index in [1.54, 1.807) is 18.2 Å². The smallest absolute Gasteiger partial charge is 0.287 e. The van der Waals surface area contributed by atoms with E-state index in [-0.39, 0.29) is 17.1 Å². The third-order valence-corrected chi connectivity index (χ3v) is 6.74. The Bertz CT molecular complexity index is 1810. The molecule has 204 valence electrons. The average molecular weight is 547 g/mol. The number of ether oxygens (including phenoxy) is 1. The number of pyridine rings is 1. The van der Waals surface area contributed by atoms with Crippen molar-refractivity contribution in [2.75, 3.05) is 6.54 Å². The number of benzene rings is 2. The monoisotopic (exact) mass is 546 g/mol. The first-order chi connectivity index (χ1) is 19.8. The summed E-state index contributed by atoms with van der Waals surface area (Å²) in [6, 6.07) is 22.0. The van der Waals surface area contributed by atoms with Crippen LogP contribution in [0.1, 0.15) is 22.5 Å². The number of para-hydroxylation sites is 1. The zero-order chi connectivity index (χ0) is 28.9. The summed E-state index contributed by atoms with van der Waals surface area (Å²) in [7, 11) is 0. The van der Waals surface area contributed by atoms with Crippen LogP contribution in [-0.4, -0.2) is 31.9 Å². The number of nitro groups is 1. The molecule has 0 saturated carbocycles. The van der Waals surface area contributed by atoms with Gasteiger partial charge in [0.2, 0.25) is 5.88 Å². The predicted molar refractivity (Wildman–Crippen MR) is 155 cm³/mol. The molecule has 0 unspecified atom stereocenters. The van der Waals surface area contributed by atoms with Crippen LogP contribution in [0.5, 0.6) is 11.6 Å². The van der Waals surface area contributed by atoms with E-state index in [4.69, 9.17) is 4.74 Å². The Kier molecular flexibility index (Phi) is 7.60. The lowest BCUT2D eigenvalue weighted by atomic mass is 10.1. The van der Waals surface area contributed by atoms with Crippen molar-refractivity contribution in [1.82, 2.24) is 19.9 Å². The molecule has 5 aromatic rings. The minimum absolute atomic E-state index is 0.0310. The van der Waals surface area contributed by atoms with Gasteiger partial charge in [-0.1, -0.05) is 18.2 Å². The molecule has 2 N–H and O–H groups in total. The number of aryl methyl sites for hydroxylation is 1. The van der Waals surface area contributed by atoms with Crippen LogP contribution in [0.25, 0.3) is 22.7 Å². The van der Waals surface area contributed by atoms with Crippen molar-refractivity contribution in [3.05, 3.63) is 117 Å². The Balaban J connectivity index is 1.26. The molecule has 0 atom stereocenters. The quantitative estimate of drug-likeness (QED) is 0.102. The molecular formula is C31H26N6O4. The number of nitriles is 1. The van der Waals surface area contributed by atoms with Gasteiger partial charge < -0.3 is 19.6 Å². The van der Waals surface area contributed by atoms with Crippen molar-refractivity contribution < 1.29 is 14.5 Å². The highest BCUT2D eigenvalue weighted by Gasteiger charge is 2.14. The molecule has 10 nitrogen and oxygen atoms in total. The van der Waals surface area contributed by atoms with Crippen LogP contribution in [0.4, 0.5) is 5.69 Å². The lowest BCUT2D eigenvalue weighted by molar-refractivity contribution is -0.385. The van der Waals surface area contributed by atoms with Crippen LogP contribution in [0.2, 0.25) is 0 Å². The number of fused-ring (bicyclic) bond motifs is 1. The Morgan fingerprint density at radius 2 is 1.95 bits per heavy atom. The lowest BCUT2D eigenvalue weighted by Crippen LogP contribution is -2.26. The molecule has 0 saturated heterocycles.